The third-order valence-corrected chi connectivity index (χ3v) is 1.81. The van der Waals surface area contributed by atoms with E-state index in [4.69, 9.17) is 16.7 Å². The van der Waals surface area contributed by atoms with Crippen LogP contribution in [0.3, 0.4) is 0 Å². The second-order valence-corrected chi connectivity index (χ2v) is 3.08. The molecule has 0 radical (unpaired) electrons. The molecule has 0 spiro atoms. The molecule has 0 fully saturated rings. The summed E-state index contributed by atoms with van der Waals surface area (Å²) in [5, 5.41) is 8.79. The van der Waals surface area contributed by atoms with Crippen molar-refractivity contribution in [3.05, 3.63) is 34.9 Å². The summed E-state index contributed by atoms with van der Waals surface area (Å²) in [7, 11) is 0. The molecule has 0 saturated heterocycles. The molecule has 0 amide bonds. The molecule has 70 valence electrons. The number of benzene rings is 1. The van der Waals surface area contributed by atoms with Crippen molar-refractivity contribution in [3.8, 4) is 0 Å². The van der Waals surface area contributed by atoms with Crippen LogP contribution in [0.25, 0.3) is 0 Å². The number of hydrogen-bond donors (Lipinski definition) is 1. The Bertz CT molecular complexity index is 314. The van der Waals surface area contributed by atoms with Gasteiger partial charge in [0.25, 0.3) is 0 Å². The summed E-state index contributed by atoms with van der Waals surface area (Å²) in [5.41, 5.74) is 0.586. The number of rotatable bonds is 3. The normalized spacial score (nSPS) is 12.5. The van der Waals surface area contributed by atoms with Gasteiger partial charge in [-0.05, 0) is 17.7 Å². The fraction of sp³-hybridized carbons (Fsp3) is 0.222. The van der Waals surface area contributed by atoms with Crippen molar-refractivity contribution in [3.63, 3.8) is 0 Å². The van der Waals surface area contributed by atoms with Crippen LogP contribution in [0.15, 0.2) is 24.3 Å². The summed E-state index contributed by atoms with van der Waals surface area (Å²) in [6.07, 6.45) is -2.01. The number of alkyl halides is 1. The van der Waals surface area contributed by atoms with Crippen molar-refractivity contribution in [1.82, 2.24) is 0 Å². The lowest BCUT2D eigenvalue weighted by Crippen LogP contribution is -2.16. The topological polar surface area (TPSA) is 37.3 Å². The number of carboxylic acid groups (broad SMARTS) is 1. The molecule has 0 unspecified atom stereocenters. The Morgan fingerprint density at radius 2 is 2.31 bits per heavy atom. The average Bonchev–Trinajstić information content (AvgIpc) is 2.04. The Morgan fingerprint density at radius 3 is 2.85 bits per heavy atom. The maximum Gasteiger partial charge on any atom is 0.338 e. The van der Waals surface area contributed by atoms with Gasteiger partial charge in [0.2, 0.25) is 6.17 Å². The molecule has 0 aromatic heterocycles. The van der Waals surface area contributed by atoms with Crippen LogP contribution in [-0.4, -0.2) is 17.2 Å². The van der Waals surface area contributed by atoms with Gasteiger partial charge in [-0.15, -0.1) is 0 Å². The molecular formula is C9H8ClFO2. The molecule has 0 aliphatic carbocycles. The van der Waals surface area contributed by atoms with E-state index in [2.05, 4.69) is 0 Å². The SMILES string of the molecule is O=C(O)[C@@H](F)Cc1cccc(Cl)c1. The minimum absolute atomic E-state index is 0.143. The second-order valence-electron chi connectivity index (χ2n) is 2.64. The van der Waals surface area contributed by atoms with Crippen LogP contribution < -0.4 is 0 Å². The molecule has 1 N–H and O–H groups in total. The van der Waals surface area contributed by atoms with Crippen LogP contribution in [0, 0.1) is 0 Å². The third kappa shape index (κ3) is 3.03. The van der Waals surface area contributed by atoms with Crippen molar-refractivity contribution in [2.75, 3.05) is 0 Å². The highest BCUT2D eigenvalue weighted by Gasteiger charge is 2.15. The highest BCUT2D eigenvalue weighted by atomic mass is 35.5. The molecule has 0 aliphatic rings. The van der Waals surface area contributed by atoms with Crippen molar-refractivity contribution in [1.29, 1.82) is 0 Å². The van der Waals surface area contributed by atoms with Crippen molar-refractivity contribution >= 4 is 17.6 Å². The third-order valence-electron chi connectivity index (χ3n) is 1.57. The van der Waals surface area contributed by atoms with Crippen LogP contribution >= 0.6 is 11.6 Å². The molecule has 0 aliphatic heterocycles. The predicted octanol–water partition coefficient (Wildman–Crippen LogP) is 2.31. The number of hydrogen-bond acceptors (Lipinski definition) is 1. The lowest BCUT2D eigenvalue weighted by molar-refractivity contribution is -0.142. The predicted molar refractivity (Wildman–Crippen MR) is 47.7 cm³/mol. The van der Waals surface area contributed by atoms with Crippen LogP contribution in [0.5, 0.6) is 0 Å². The van der Waals surface area contributed by atoms with E-state index in [-0.39, 0.29) is 6.42 Å². The monoisotopic (exact) mass is 202 g/mol. The number of aliphatic carboxylic acids is 1. The van der Waals surface area contributed by atoms with E-state index in [0.29, 0.717) is 10.6 Å². The van der Waals surface area contributed by atoms with E-state index in [9.17, 15) is 9.18 Å². The number of halogens is 2. The zero-order chi connectivity index (χ0) is 9.84. The van der Waals surface area contributed by atoms with Gasteiger partial charge >= 0.3 is 5.97 Å². The average molecular weight is 203 g/mol. The first-order valence-corrected chi connectivity index (χ1v) is 4.08. The van der Waals surface area contributed by atoms with E-state index in [0.717, 1.165) is 0 Å². The summed E-state index contributed by atoms with van der Waals surface area (Å²) >= 11 is 5.64. The van der Waals surface area contributed by atoms with E-state index >= 15 is 0 Å². The van der Waals surface area contributed by atoms with Crippen molar-refractivity contribution in [2.45, 2.75) is 12.6 Å². The molecule has 1 aromatic rings. The summed E-state index contributed by atoms with van der Waals surface area (Å²) in [6.45, 7) is 0. The Balaban J connectivity index is 2.69. The van der Waals surface area contributed by atoms with Gasteiger partial charge in [0, 0.05) is 11.4 Å². The smallest absolute Gasteiger partial charge is 0.338 e. The highest BCUT2D eigenvalue weighted by Crippen LogP contribution is 2.13. The summed E-state index contributed by atoms with van der Waals surface area (Å²) < 4.78 is 12.7. The number of carboxylic acids is 1. The first-order chi connectivity index (χ1) is 6.09. The molecule has 4 heteroatoms. The Morgan fingerprint density at radius 1 is 1.62 bits per heavy atom. The molecule has 1 rings (SSSR count). The van der Waals surface area contributed by atoms with Gasteiger partial charge in [-0.3, -0.25) is 0 Å². The zero-order valence-electron chi connectivity index (χ0n) is 6.71. The fourth-order valence-corrected chi connectivity index (χ4v) is 1.17. The molecule has 1 atom stereocenters. The largest absolute Gasteiger partial charge is 0.479 e. The van der Waals surface area contributed by atoms with Crippen LogP contribution in [0.4, 0.5) is 4.39 Å². The van der Waals surface area contributed by atoms with Gasteiger partial charge < -0.3 is 5.11 Å². The Hall–Kier alpha value is -1.09. The van der Waals surface area contributed by atoms with Gasteiger partial charge in [0.05, 0.1) is 0 Å². The van der Waals surface area contributed by atoms with Gasteiger partial charge in [0.1, 0.15) is 0 Å². The molecular weight excluding hydrogens is 195 g/mol. The highest BCUT2D eigenvalue weighted by molar-refractivity contribution is 6.30. The summed E-state index contributed by atoms with van der Waals surface area (Å²) in [5.74, 6) is -1.44. The second kappa shape index (κ2) is 4.23. The van der Waals surface area contributed by atoms with Gasteiger partial charge in [-0.1, -0.05) is 23.7 Å². The maximum absolute atomic E-state index is 12.7. The van der Waals surface area contributed by atoms with Gasteiger partial charge in [0.15, 0.2) is 0 Å². The van der Waals surface area contributed by atoms with E-state index in [1.54, 1.807) is 24.3 Å². The van der Waals surface area contributed by atoms with Crippen LogP contribution in [-0.2, 0) is 11.2 Å². The zero-order valence-corrected chi connectivity index (χ0v) is 7.46. The molecule has 0 bridgehead atoms. The van der Waals surface area contributed by atoms with Crippen LogP contribution in [0.2, 0.25) is 5.02 Å². The van der Waals surface area contributed by atoms with Gasteiger partial charge in [-0.25, -0.2) is 9.18 Å². The first kappa shape index (κ1) is 9.99. The van der Waals surface area contributed by atoms with Crippen molar-refractivity contribution in [2.24, 2.45) is 0 Å². The fourth-order valence-electron chi connectivity index (χ4n) is 0.958. The minimum atomic E-state index is -1.86. The first-order valence-electron chi connectivity index (χ1n) is 3.71. The summed E-state index contributed by atoms with van der Waals surface area (Å²) in [4.78, 5) is 10.2. The van der Waals surface area contributed by atoms with Gasteiger partial charge in [-0.2, -0.15) is 0 Å². The molecule has 0 saturated carbocycles. The Kier molecular flexibility index (Phi) is 3.25. The molecule has 0 heterocycles. The van der Waals surface area contributed by atoms with E-state index < -0.39 is 12.1 Å². The number of carbonyl (C=O) groups is 1. The standard InChI is InChI=1S/C9H8ClFO2/c10-7-3-1-2-6(4-7)5-8(11)9(12)13/h1-4,8H,5H2,(H,12,13)/t8-/m0/s1. The quantitative estimate of drug-likeness (QED) is 0.817. The Labute approximate surface area is 80.0 Å². The van der Waals surface area contributed by atoms with E-state index in [1.807, 2.05) is 0 Å². The lowest BCUT2D eigenvalue weighted by atomic mass is 10.1. The minimum Gasteiger partial charge on any atom is -0.479 e. The lowest BCUT2D eigenvalue weighted by Gasteiger charge is -2.02. The molecule has 13 heavy (non-hydrogen) atoms. The van der Waals surface area contributed by atoms with Crippen molar-refractivity contribution < 1.29 is 14.3 Å². The summed E-state index contributed by atoms with van der Waals surface area (Å²) in [6, 6.07) is 6.50. The molecule has 1 aromatic carbocycles. The molecule has 2 nitrogen and oxygen atoms in total. The van der Waals surface area contributed by atoms with E-state index in [1.165, 1.54) is 0 Å². The van der Waals surface area contributed by atoms with Crippen LogP contribution in [0.1, 0.15) is 5.56 Å². The maximum atomic E-state index is 12.7.